The van der Waals surface area contributed by atoms with Gasteiger partial charge in [0.15, 0.2) is 0 Å². The Morgan fingerprint density at radius 3 is 2.62 bits per heavy atom. The lowest BCUT2D eigenvalue weighted by molar-refractivity contribution is 0.464. The van der Waals surface area contributed by atoms with Crippen molar-refractivity contribution in [1.29, 1.82) is 0 Å². The van der Waals surface area contributed by atoms with E-state index in [2.05, 4.69) is 22.0 Å². The number of sulfonamides is 1. The van der Waals surface area contributed by atoms with Crippen molar-refractivity contribution in [2.24, 2.45) is 0 Å². The summed E-state index contributed by atoms with van der Waals surface area (Å²) in [6.45, 7) is 2.20. The van der Waals surface area contributed by atoms with Crippen molar-refractivity contribution in [3.63, 3.8) is 0 Å². The fraction of sp³-hybridized carbons (Fsp3) is 0.500. The summed E-state index contributed by atoms with van der Waals surface area (Å²) in [6.07, 6.45) is 7.91. The summed E-state index contributed by atoms with van der Waals surface area (Å²) >= 11 is 0. The van der Waals surface area contributed by atoms with E-state index >= 15 is 0 Å². The molecule has 0 bridgehead atoms. The number of aryl methyl sites for hydroxylation is 2. The van der Waals surface area contributed by atoms with Crippen molar-refractivity contribution in [3.05, 3.63) is 47.8 Å². The fourth-order valence-corrected chi connectivity index (χ4v) is 4.55. The maximum atomic E-state index is 12.5. The van der Waals surface area contributed by atoms with Gasteiger partial charge in [-0.3, -0.25) is 4.68 Å². The second-order valence-corrected chi connectivity index (χ2v) is 8.22. The maximum absolute atomic E-state index is 12.5. The number of hydrogen-bond acceptors (Lipinski definition) is 3. The molecule has 1 heterocycles. The van der Waals surface area contributed by atoms with Crippen LogP contribution in [0.1, 0.15) is 49.4 Å². The van der Waals surface area contributed by atoms with E-state index in [-0.39, 0.29) is 0 Å². The van der Waals surface area contributed by atoms with Gasteiger partial charge in [-0.15, -0.1) is 0 Å². The van der Waals surface area contributed by atoms with E-state index in [9.17, 15) is 8.42 Å². The van der Waals surface area contributed by atoms with Crippen LogP contribution in [0.4, 0.5) is 0 Å². The van der Waals surface area contributed by atoms with Crippen LogP contribution in [-0.4, -0.2) is 24.7 Å². The number of benzene rings is 1. The molecule has 1 N–H and O–H groups in total. The number of nitrogens with zero attached hydrogens (tertiary/aromatic N) is 2. The van der Waals surface area contributed by atoms with Gasteiger partial charge in [0.2, 0.25) is 10.0 Å². The minimum absolute atomic E-state index is 0.314. The molecular formula is C18H25N3O2S. The first-order chi connectivity index (χ1) is 11.6. The van der Waals surface area contributed by atoms with Crippen molar-refractivity contribution < 1.29 is 8.42 Å². The zero-order chi connectivity index (χ0) is 17.0. The minimum Gasteiger partial charge on any atom is -0.268 e. The molecule has 2 aromatic rings. The second kappa shape index (κ2) is 7.49. The number of nitrogens with one attached hydrogen (secondary N) is 1. The molecule has 1 aliphatic carbocycles. The third-order valence-electron chi connectivity index (χ3n) is 4.64. The average molecular weight is 347 g/mol. The highest BCUT2D eigenvalue weighted by molar-refractivity contribution is 7.89. The smallest absolute Gasteiger partial charge is 0.243 e. The first kappa shape index (κ1) is 17.2. The van der Waals surface area contributed by atoms with Gasteiger partial charge in [-0.2, -0.15) is 5.10 Å². The Labute approximate surface area is 144 Å². The van der Waals surface area contributed by atoms with Gasteiger partial charge in [0, 0.05) is 12.7 Å². The molecule has 1 aromatic carbocycles. The summed E-state index contributed by atoms with van der Waals surface area (Å²) in [5.41, 5.74) is 1.80. The van der Waals surface area contributed by atoms with Crippen LogP contribution in [0.5, 0.6) is 0 Å². The summed E-state index contributed by atoms with van der Waals surface area (Å²) in [7, 11) is -3.49. The van der Waals surface area contributed by atoms with Crippen LogP contribution in [0.15, 0.2) is 41.4 Å². The highest BCUT2D eigenvalue weighted by atomic mass is 32.2. The van der Waals surface area contributed by atoms with E-state index < -0.39 is 10.0 Å². The van der Waals surface area contributed by atoms with Crippen LogP contribution in [0.2, 0.25) is 0 Å². The van der Waals surface area contributed by atoms with Gasteiger partial charge in [-0.1, -0.05) is 43.2 Å². The molecule has 130 valence electrons. The molecule has 1 aliphatic rings. The van der Waals surface area contributed by atoms with Gasteiger partial charge < -0.3 is 0 Å². The van der Waals surface area contributed by atoms with Crippen molar-refractivity contribution in [2.75, 3.05) is 6.54 Å². The normalized spacial score (nSPS) is 15.9. The standard InChI is InChI=1S/C18H25N3O2S/c1-15-18(14-21(20-15)17-11-5-6-12-17)24(22,23)19-13-7-10-16-8-3-2-4-9-16/h2-4,8-9,14,17,19H,5-7,10-13H2,1H3. The van der Waals surface area contributed by atoms with Crippen molar-refractivity contribution in [1.82, 2.24) is 14.5 Å². The molecule has 1 fully saturated rings. The lowest BCUT2D eigenvalue weighted by Gasteiger charge is -2.08. The van der Waals surface area contributed by atoms with Crippen LogP contribution >= 0.6 is 0 Å². The van der Waals surface area contributed by atoms with E-state index in [0.29, 0.717) is 23.2 Å². The predicted molar refractivity (Wildman–Crippen MR) is 94.4 cm³/mol. The lowest BCUT2D eigenvalue weighted by atomic mass is 10.1. The minimum atomic E-state index is -3.49. The van der Waals surface area contributed by atoms with Gasteiger partial charge in [-0.25, -0.2) is 13.1 Å². The third-order valence-corrected chi connectivity index (χ3v) is 6.20. The molecule has 0 atom stereocenters. The van der Waals surface area contributed by atoms with E-state index in [4.69, 9.17) is 0 Å². The highest BCUT2D eigenvalue weighted by Gasteiger charge is 2.24. The van der Waals surface area contributed by atoms with E-state index in [1.807, 2.05) is 22.9 Å². The summed E-state index contributed by atoms with van der Waals surface area (Å²) in [4.78, 5) is 0.314. The van der Waals surface area contributed by atoms with Gasteiger partial charge in [-0.05, 0) is 38.2 Å². The molecule has 1 saturated carbocycles. The summed E-state index contributed by atoms with van der Waals surface area (Å²) in [5.74, 6) is 0. The van der Waals surface area contributed by atoms with E-state index in [0.717, 1.165) is 25.7 Å². The molecule has 0 saturated heterocycles. The summed E-state index contributed by atoms with van der Waals surface area (Å²) < 4.78 is 29.6. The monoisotopic (exact) mass is 347 g/mol. The molecule has 5 nitrogen and oxygen atoms in total. The van der Waals surface area contributed by atoms with E-state index in [1.54, 1.807) is 13.1 Å². The Hall–Kier alpha value is -1.66. The Balaban J connectivity index is 1.58. The predicted octanol–water partition coefficient (Wildman–Crippen LogP) is 3.22. The molecule has 1 aromatic heterocycles. The SMILES string of the molecule is Cc1nn(C2CCCC2)cc1S(=O)(=O)NCCCc1ccccc1. The highest BCUT2D eigenvalue weighted by Crippen LogP contribution is 2.30. The topological polar surface area (TPSA) is 64.0 Å². The van der Waals surface area contributed by atoms with Crippen LogP contribution in [-0.2, 0) is 16.4 Å². The lowest BCUT2D eigenvalue weighted by Crippen LogP contribution is -2.25. The summed E-state index contributed by atoms with van der Waals surface area (Å²) in [6, 6.07) is 10.5. The molecule has 24 heavy (non-hydrogen) atoms. The zero-order valence-electron chi connectivity index (χ0n) is 14.1. The zero-order valence-corrected chi connectivity index (χ0v) is 14.9. The van der Waals surface area contributed by atoms with Crippen LogP contribution < -0.4 is 4.72 Å². The Morgan fingerprint density at radius 1 is 1.21 bits per heavy atom. The number of rotatable bonds is 7. The maximum Gasteiger partial charge on any atom is 0.243 e. The van der Waals surface area contributed by atoms with Gasteiger partial charge in [0.1, 0.15) is 4.90 Å². The molecule has 0 spiro atoms. The number of hydrogen-bond donors (Lipinski definition) is 1. The molecule has 0 unspecified atom stereocenters. The molecule has 6 heteroatoms. The van der Waals surface area contributed by atoms with Gasteiger partial charge in [0.25, 0.3) is 0 Å². The Bertz CT molecular complexity index is 763. The van der Waals surface area contributed by atoms with Gasteiger partial charge in [0.05, 0.1) is 11.7 Å². The van der Waals surface area contributed by atoms with Crippen LogP contribution in [0.25, 0.3) is 0 Å². The quantitative estimate of drug-likeness (QED) is 0.782. The Kier molecular flexibility index (Phi) is 5.36. The van der Waals surface area contributed by atoms with Crippen molar-refractivity contribution >= 4 is 10.0 Å². The second-order valence-electron chi connectivity index (χ2n) is 6.48. The molecule has 0 aliphatic heterocycles. The van der Waals surface area contributed by atoms with Gasteiger partial charge >= 0.3 is 0 Å². The van der Waals surface area contributed by atoms with E-state index in [1.165, 1.54) is 18.4 Å². The fourth-order valence-electron chi connectivity index (χ4n) is 3.31. The van der Waals surface area contributed by atoms with Crippen molar-refractivity contribution in [2.45, 2.75) is 56.4 Å². The first-order valence-corrected chi connectivity index (χ1v) is 10.1. The number of aromatic nitrogens is 2. The third kappa shape index (κ3) is 4.05. The average Bonchev–Trinajstić information content (AvgIpc) is 3.22. The largest absolute Gasteiger partial charge is 0.268 e. The first-order valence-electron chi connectivity index (χ1n) is 8.65. The summed E-state index contributed by atoms with van der Waals surface area (Å²) in [5, 5.41) is 4.43. The molecule has 0 radical (unpaired) electrons. The van der Waals surface area contributed by atoms with Crippen LogP contribution in [0, 0.1) is 6.92 Å². The van der Waals surface area contributed by atoms with Crippen LogP contribution in [0.3, 0.4) is 0 Å². The molecule has 3 rings (SSSR count). The molecule has 0 amide bonds. The Morgan fingerprint density at radius 2 is 1.92 bits per heavy atom. The van der Waals surface area contributed by atoms with Crippen molar-refractivity contribution in [3.8, 4) is 0 Å². The molecular weight excluding hydrogens is 322 g/mol.